The molecule has 1 rings (SSSR count). The molecule has 0 amide bonds. The van der Waals surface area contributed by atoms with Crippen molar-refractivity contribution in [2.24, 2.45) is 5.92 Å². The van der Waals surface area contributed by atoms with Gasteiger partial charge in [0, 0.05) is 0 Å². The Hall–Kier alpha value is -0.0400. The van der Waals surface area contributed by atoms with Crippen molar-refractivity contribution in [2.45, 2.75) is 38.7 Å². The minimum atomic E-state index is 0.0709. The van der Waals surface area contributed by atoms with Crippen molar-refractivity contribution in [3.63, 3.8) is 0 Å². The number of aliphatic hydroxyl groups is 1. The Balaban J connectivity index is 1.89. The molecule has 0 spiro atoms. The standard InChI is InChI=1S/C7H14O/c1-2-3-4-6-5-7(6)8/h6-8H,2-5H2,1H3/t6-,7+/m1/s1. The van der Waals surface area contributed by atoms with Gasteiger partial charge >= 0.3 is 0 Å². The van der Waals surface area contributed by atoms with Crippen LogP contribution in [0.1, 0.15) is 32.6 Å². The van der Waals surface area contributed by atoms with Gasteiger partial charge in [-0.05, 0) is 18.8 Å². The molecule has 0 aromatic heterocycles. The summed E-state index contributed by atoms with van der Waals surface area (Å²) < 4.78 is 0. The predicted molar refractivity (Wildman–Crippen MR) is 33.6 cm³/mol. The molecule has 0 heterocycles. The quantitative estimate of drug-likeness (QED) is 0.590. The molecule has 1 heteroatoms. The van der Waals surface area contributed by atoms with Crippen LogP contribution in [0.3, 0.4) is 0 Å². The third-order valence-electron chi connectivity index (χ3n) is 1.81. The van der Waals surface area contributed by atoms with Crippen molar-refractivity contribution < 1.29 is 5.11 Å². The average molecular weight is 114 g/mol. The van der Waals surface area contributed by atoms with E-state index in [-0.39, 0.29) is 6.10 Å². The Labute approximate surface area is 50.7 Å². The lowest BCUT2D eigenvalue weighted by Crippen LogP contribution is -1.84. The van der Waals surface area contributed by atoms with Crippen molar-refractivity contribution in [1.29, 1.82) is 0 Å². The molecule has 0 radical (unpaired) electrons. The van der Waals surface area contributed by atoms with Crippen molar-refractivity contribution in [3.05, 3.63) is 0 Å². The molecule has 8 heavy (non-hydrogen) atoms. The summed E-state index contributed by atoms with van der Waals surface area (Å²) in [4.78, 5) is 0. The van der Waals surface area contributed by atoms with Gasteiger partial charge in [-0.1, -0.05) is 19.8 Å². The Morgan fingerprint density at radius 3 is 2.62 bits per heavy atom. The van der Waals surface area contributed by atoms with E-state index in [1.165, 1.54) is 19.3 Å². The molecule has 48 valence electrons. The van der Waals surface area contributed by atoms with E-state index in [2.05, 4.69) is 6.92 Å². The maximum Gasteiger partial charge on any atom is 0.0573 e. The monoisotopic (exact) mass is 114 g/mol. The Morgan fingerprint density at radius 2 is 2.25 bits per heavy atom. The van der Waals surface area contributed by atoms with E-state index in [0.717, 1.165) is 6.42 Å². The fourth-order valence-corrected chi connectivity index (χ4v) is 1.01. The van der Waals surface area contributed by atoms with Gasteiger partial charge in [-0.25, -0.2) is 0 Å². The highest BCUT2D eigenvalue weighted by Crippen LogP contribution is 2.34. The molecule has 0 bridgehead atoms. The van der Waals surface area contributed by atoms with E-state index >= 15 is 0 Å². The summed E-state index contributed by atoms with van der Waals surface area (Å²) in [5.41, 5.74) is 0. The molecule has 1 nitrogen and oxygen atoms in total. The molecule has 2 atom stereocenters. The zero-order valence-corrected chi connectivity index (χ0v) is 5.43. The molecule has 1 N–H and O–H groups in total. The van der Waals surface area contributed by atoms with Gasteiger partial charge in [0.2, 0.25) is 0 Å². The summed E-state index contributed by atoms with van der Waals surface area (Å²) in [6.07, 6.45) is 4.95. The first kappa shape index (κ1) is 6.09. The van der Waals surface area contributed by atoms with Crippen LogP contribution in [0.4, 0.5) is 0 Å². The average Bonchev–Trinajstić information content (AvgIpc) is 2.42. The molecule has 0 unspecified atom stereocenters. The maximum atomic E-state index is 8.85. The number of hydrogen-bond donors (Lipinski definition) is 1. The van der Waals surface area contributed by atoms with Crippen LogP contribution < -0.4 is 0 Å². The Bertz CT molecular complexity index is 70.8. The normalized spacial score (nSPS) is 35.2. The SMILES string of the molecule is CCCC[C@@H]1C[C@@H]1O. The molecule has 1 fully saturated rings. The second kappa shape index (κ2) is 2.49. The van der Waals surface area contributed by atoms with Crippen molar-refractivity contribution in [1.82, 2.24) is 0 Å². The van der Waals surface area contributed by atoms with Crippen LogP contribution in [0.25, 0.3) is 0 Å². The molecule has 1 saturated carbocycles. The van der Waals surface area contributed by atoms with Crippen LogP contribution in [0.2, 0.25) is 0 Å². The highest BCUT2D eigenvalue weighted by Gasteiger charge is 2.33. The van der Waals surface area contributed by atoms with Crippen molar-refractivity contribution in [3.8, 4) is 0 Å². The lowest BCUT2D eigenvalue weighted by atomic mass is 10.2. The zero-order chi connectivity index (χ0) is 5.98. The van der Waals surface area contributed by atoms with Gasteiger partial charge < -0.3 is 5.11 Å². The first-order chi connectivity index (χ1) is 3.84. The van der Waals surface area contributed by atoms with E-state index in [1.807, 2.05) is 0 Å². The fraction of sp³-hybridized carbons (Fsp3) is 1.00. The maximum absolute atomic E-state index is 8.85. The highest BCUT2D eigenvalue weighted by molar-refractivity contribution is 4.84. The van der Waals surface area contributed by atoms with Gasteiger partial charge in [0.15, 0.2) is 0 Å². The first-order valence-corrected chi connectivity index (χ1v) is 3.52. The molecular weight excluding hydrogens is 100 g/mol. The van der Waals surface area contributed by atoms with Crippen LogP contribution in [-0.2, 0) is 0 Å². The van der Waals surface area contributed by atoms with E-state index in [1.54, 1.807) is 0 Å². The molecular formula is C7H14O. The minimum absolute atomic E-state index is 0.0709. The molecule has 0 aliphatic heterocycles. The molecule has 1 aliphatic carbocycles. The Morgan fingerprint density at radius 1 is 1.62 bits per heavy atom. The summed E-state index contributed by atoms with van der Waals surface area (Å²) in [5.74, 6) is 0.676. The molecule has 0 saturated heterocycles. The third kappa shape index (κ3) is 1.48. The van der Waals surface area contributed by atoms with E-state index < -0.39 is 0 Å². The van der Waals surface area contributed by atoms with Crippen LogP contribution in [0.5, 0.6) is 0 Å². The summed E-state index contributed by atoms with van der Waals surface area (Å²) in [6.45, 7) is 2.19. The predicted octanol–water partition coefficient (Wildman–Crippen LogP) is 1.56. The summed E-state index contributed by atoms with van der Waals surface area (Å²) in [5, 5.41) is 8.85. The molecule has 0 aromatic rings. The number of rotatable bonds is 3. The minimum Gasteiger partial charge on any atom is -0.393 e. The number of aliphatic hydroxyl groups excluding tert-OH is 1. The van der Waals surface area contributed by atoms with Crippen LogP contribution >= 0.6 is 0 Å². The fourth-order valence-electron chi connectivity index (χ4n) is 1.01. The van der Waals surface area contributed by atoms with Gasteiger partial charge in [0.05, 0.1) is 6.10 Å². The van der Waals surface area contributed by atoms with Crippen molar-refractivity contribution >= 4 is 0 Å². The second-order valence-corrected chi connectivity index (χ2v) is 2.71. The summed E-state index contributed by atoms with van der Waals surface area (Å²) in [7, 11) is 0. The highest BCUT2D eigenvalue weighted by atomic mass is 16.3. The van der Waals surface area contributed by atoms with Gasteiger partial charge in [0.25, 0.3) is 0 Å². The first-order valence-electron chi connectivity index (χ1n) is 3.52. The van der Waals surface area contributed by atoms with Gasteiger partial charge in [-0.15, -0.1) is 0 Å². The lowest BCUT2D eigenvalue weighted by molar-refractivity contribution is 0.256. The van der Waals surface area contributed by atoms with Crippen LogP contribution in [0, 0.1) is 5.92 Å². The second-order valence-electron chi connectivity index (χ2n) is 2.71. The number of hydrogen-bond acceptors (Lipinski definition) is 1. The van der Waals surface area contributed by atoms with Gasteiger partial charge in [-0.2, -0.15) is 0 Å². The largest absolute Gasteiger partial charge is 0.393 e. The number of unbranched alkanes of at least 4 members (excludes halogenated alkanes) is 1. The molecule has 1 aliphatic rings. The Kier molecular flexibility index (Phi) is 1.90. The van der Waals surface area contributed by atoms with Crippen molar-refractivity contribution in [2.75, 3.05) is 0 Å². The lowest BCUT2D eigenvalue weighted by Gasteiger charge is -1.90. The molecule has 0 aromatic carbocycles. The van der Waals surface area contributed by atoms with E-state index in [0.29, 0.717) is 5.92 Å². The van der Waals surface area contributed by atoms with Crippen LogP contribution in [-0.4, -0.2) is 11.2 Å². The van der Waals surface area contributed by atoms with Gasteiger partial charge in [0.1, 0.15) is 0 Å². The topological polar surface area (TPSA) is 20.2 Å². The van der Waals surface area contributed by atoms with E-state index in [4.69, 9.17) is 5.11 Å². The third-order valence-corrected chi connectivity index (χ3v) is 1.81. The van der Waals surface area contributed by atoms with Gasteiger partial charge in [-0.3, -0.25) is 0 Å². The smallest absolute Gasteiger partial charge is 0.0573 e. The zero-order valence-electron chi connectivity index (χ0n) is 5.43. The summed E-state index contributed by atoms with van der Waals surface area (Å²) in [6, 6.07) is 0. The van der Waals surface area contributed by atoms with Crippen LogP contribution in [0.15, 0.2) is 0 Å². The summed E-state index contributed by atoms with van der Waals surface area (Å²) >= 11 is 0. The van der Waals surface area contributed by atoms with E-state index in [9.17, 15) is 0 Å².